The summed E-state index contributed by atoms with van der Waals surface area (Å²) in [6.45, 7) is 4.83. The van der Waals surface area contributed by atoms with Gasteiger partial charge in [-0.1, -0.05) is 6.07 Å². The normalized spacial score (nSPS) is 12.4. The maximum absolute atomic E-state index is 13.3. The summed E-state index contributed by atoms with van der Waals surface area (Å²) in [7, 11) is 1.64. The Balaban J connectivity index is 2.17. The molecule has 0 aliphatic heterocycles. The molecule has 0 saturated heterocycles. The molecule has 114 valence electrons. The van der Waals surface area contributed by atoms with E-state index < -0.39 is 11.6 Å². The minimum absolute atomic E-state index is 0.0977. The number of aryl methyl sites for hydroxylation is 1. The summed E-state index contributed by atoms with van der Waals surface area (Å²) in [5.74, 6) is -0.999. The number of halogens is 2. The zero-order chi connectivity index (χ0) is 15.4. The van der Waals surface area contributed by atoms with E-state index in [1.165, 1.54) is 6.07 Å². The SMILES string of the molecule is COCC(C)Nc1nc(C)cn1Cc1ccc(F)c(F)c1. The van der Waals surface area contributed by atoms with Gasteiger partial charge in [0.15, 0.2) is 11.6 Å². The fourth-order valence-electron chi connectivity index (χ4n) is 2.13. The largest absolute Gasteiger partial charge is 0.383 e. The monoisotopic (exact) mass is 295 g/mol. The fraction of sp³-hybridized carbons (Fsp3) is 0.400. The third-order valence-electron chi connectivity index (χ3n) is 3.03. The lowest BCUT2D eigenvalue weighted by atomic mass is 10.2. The van der Waals surface area contributed by atoms with Crippen molar-refractivity contribution in [1.29, 1.82) is 0 Å². The van der Waals surface area contributed by atoms with Gasteiger partial charge in [0.25, 0.3) is 0 Å². The van der Waals surface area contributed by atoms with Crippen LogP contribution in [0, 0.1) is 18.6 Å². The fourth-order valence-corrected chi connectivity index (χ4v) is 2.13. The predicted octanol–water partition coefficient (Wildman–Crippen LogP) is 2.96. The van der Waals surface area contributed by atoms with Crippen LogP contribution in [0.15, 0.2) is 24.4 Å². The number of hydrogen-bond donors (Lipinski definition) is 1. The predicted molar refractivity (Wildman–Crippen MR) is 77.4 cm³/mol. The molecule has 0 radical (unpaired) electrons. The molecule has 1 heterocycles. The molecule has 0 saturated carbocycles. The minimum atomic E-state index is -0.841. The highest BCUT2D eigenvalue weighted by molar-refractivity contribution is 5.32. The molecule has 0 bridgehead atoms. The van der Waals surface area contributed by atoms with Crippen molar-refractivity contribution in [2.45, 2.75) is 26.4 Å². The van der Waals surface area contributed by atoms with Crippen molar-refractivity contribution in [3.63, 3.8) is 0 Å². The van der Waals surface area contributed by atoms with E-state index in [-0.39, 0.29) is 6.04 Å². The molecule has 1 N–H and O–H groups in total. The number of methoxy groups -OCH3 is 1. The summed E-state index contributed by atoms with van der Waals surface area (Å²) >= 11 is 0. The van der Waals surface area contributed by atoms with Gasteiger partial charge >= 0.3 is 0 Å². The van der Waals surface area contributed by atoms with Crippen LogP contribution in [0.25, 0.3) is 0 Å². The Morgan fingerprint density at radius 2 is 2.10 bits per heavy atom. The zero-order valence-corrected chi connectivity index (χ0v) is 12.4. The highest BCUT2D eigenvalue weighted by Crippen LogP contribution is 2.15. The first-order chi connectivity index (χ1) is 9.99. The smallest absolute Gasteiger partial charge is 0.203 e. The lowest BCUT2D eigenvalue weighted by molar-refractivity contribution is 0.190. The second-order valence-electron chi connectivity index (χ2n) is 5.08. The van der Waals surface area contributed by atoms with Crippen LogP contribution in [0.4, 0.5) is 14.7 Å². The molecule has 1 aromatic carbocycles. The molecule has 2 rings (SSSR count). The van der Waals surface area contributed by atoms with Crippen molar-refractivity contribution in [3.05, 3.63) is 47.3 Å². The van der Waals surface area contributed by atoms with Gasteiger partial charge in [-0.3, -0.25) is 0 Å². The number of aromatic nitrogens is 2. The molecule has 4 nitrogen and oxygen atoms in total. The molecular formula is C15H19F2N3O. The third kappa shape index (κ3) is 4.01. The molecule has 0 aliphatic rings. The number of anilines is 1. The van der Waals surface area contributed by atoms with Crippen molar-refractivity contribution < 1.29 is 13.5 Å². The Morgan fingerprint density at radius 3 is 2.76 bits per heavy atom. The Labute approximate surface area is 122 Å². The van der Waals surface area contributed by atoms with Gasteiger partial charge in [0.2, 0.25) is 5.95 Å². The van der Waals surface area contributed by atoms with Gasteiger partial charge in [0, 0.05) is 19.3 Å². The van der Waals surface area contributed by atoms with Crippen LogP contribution in [-0.4, -0.2) is 29.3 Å². The molecule has 1 unspecified atom stereocenters. The summed E-state index contributed by atoms with van der Waals surface area (Å²) in [4.78, 5) is 4.40. The lowest BCUT2D eigenvalue weighted by Gasteiger charge is -2.15. The molecule has 6 heteroatoms. The Hall–Kier alpha value is -1.95. The van der Waals surface area contributed by atoms with Crippen LogP contribution in [0.5, 0.6) is 0 Å². The van der Waals surface area contributed by atoms with Gasteiger partial charge in [-0.25, -0.2) is 13.8 Å². The van der Waals surface area contributed by atoms with E-state index in [1.807, 2.05) is 24.6 Å². The Kier molecular flexibility index (Phi) is 4.90. The van der Waals surface area contributed by atoms with E-state index in [0.717, 1.165) is 11.8 Å². The van der Waals surface area contributed by atoms with Crippen LogP contribution in [0.3, 0.4) is 0 Å². The average Bonchev–Trinajstić information content (AvgIpc) is 2.74. The number of nitrogens with one attached hydrogen (secondary N) is 1. The maximum atomic E-state index is 13.3. The summed E-state index contributed by atoms with van der Waals surface area (Å²) in [5, 5.41) is 3.24. The number of nitrogens with zero attached hydrogens (tertiary/aromatic N) is 2. The van der Waals surface area contributed by atoms with Gasteiger partial charge in [-0.2, -0.15) is 0 Å². The van der Waals surface area contributed by atoms with Crippen LogP contribution in [-0.2, 0) is 11.3 Å². The molecule has 21 heavy (non-hydrogen) atoms. The van der Waals surface area contributed by atoms with E-state index in [4.69, 9.17) is 4.74 Å². The molecule has 0 spiro atoms. The minimum Gasteiger partial charge on any atom is -0.383 e. The summed E-state index contributed by atoms with van der Waals surface area (Å²) in [5.41, 5.74) is 1.53. The first-order valence-electron chi connectivity index (χ1n) is 6.72. The van der Waals surface area contributed by atoms with E-state index in [2.05, 4.69) is 10.3 Å². The van der Waals surface area contributed by atoms with Gasteiger partial charge < -0.3 is 14.6 Å². The topological polar surface area (TPSA) is 39.1 Å². The molecule has 0 aliphatic carbocycles. The first-order valence-corrected chi connectivity index (χ1v) is 6.72. The summed E-state index contributed by atoms with van der Waals surface area (Å²) in [6.07, 6.45) is 1.86. The molecule has 1 aromatic heterocycles. The van der Waals surface area contributed by atoms with E-state index >= 15 is 0 Å². The molecular weight excluding hydrogens is 276 g/mol. The van der Waals surface area contributed by atoms with Gasteiger partial charge in [-0.05, 0) is 31.5 Å². The van der Waals surface area contributed by atoms with Gasteiger partial charge in [-0.15, -0.1) is 0 Å². The van der Waals surface area contributed by atoms with Crippen LogP contribution < -0.4 is 5.32 Å². The number of imidazole rings is 1. The van der Waals surface area contributed by atoms with Crippen LogP contribution in [0.2, 0.25) is 0 Å². The number of hydrogen-bond acceptors (Lipinski definition) is 3. The second kappa shape index (κ2) is 6.67. The van der Waals surface area contributed by atoms with Gasteiger partial charge in [0.05, 0.1) is 18.8 Å². The number of rotatable bonds is 6. The van der Waals surface area contributed by atoms with Crippen molar-refractivity contribution in [1.82, 2.24) is 9.55 Å². The first kappa shape index (κ1) is 15.4. The van der Waals surface area contributed by atoms with E-state index in [1.54, 1.807) is 13.2 Å². The van der Waals surface area contributed by atoms with E-state index in [9.17, 15) is 8.78 Å². The standard InChI is InChI=1S/C15H19F2N3O/c1-10-7-20(15(18-10)19-11(2)9-21-3)8-12-4-5-13(16)14(17)6-12/h4-7,11H,8-9H2,1-3H3,(H,18,19). The van der Waals surface area contributed by atoms with Crippen molar-refractivity contribution in [2.24, 2.45) is 0 Å². The van der Waals surface area contributed by atoms with Crippen LogP contribution >= 0.6 is 0 Å². The highest BCUT2D eigenvalue weighted by atomic mass is 19.2. The van der Waals surface area contributed by atoms with Gasteiger partial charge in [0.1, 0.15) is 0 Å². The molecule has 2 aromatic rings. The van der Waals surface area contributed by atoms with E-state index in [0.29, 0.717) is 24.7 Å². The third-order valence-corrected chi connectivity index (χ3v) is 3.03. The summed E-state index contributed by atoms with van der Waals surface area (Å²) in [6, 6.07) is 4.00. The van der Waals surface area contributed by atoms with Crippen molar-refractivity contribution in [2.75, 3.05) is 19.0 Å². The molecule has 0 fully saturated rings. The van der Waals surface area contributed by atoms with Crippen molar-refractivity contribution >= 4 is 5.95 Å². The highest BCUT2D eigenvalue weighted by Gasteiger charge is 2.10. The quantitative estimate of drug-likeness (QED) is 0.890. The maximum Gasteiger partial charge on any atom is 0.203 e. The molecule has 0 amide bonds. The zero-order valence-electron chi connectivity index (χ0n) is 12.4. The Bertz CT molecular complexity index is 613. The Morgan fingerprint density at radius 1 is 1.33 bits per heavy atom. The average molecular weight is 295 g/mol. The number of ether oxygens (including phenoxy) is 1. The van der Waals surface area contributed by atoms with Crippen molar-refractivity contribution in [3.8, 4) is 0 Å². The van der Waals surface area contributed by atoms with Crippen LogP contribution in [0.1, 0.15) is 18.2 Å². The molecule has 1 atom stereocenters. The lowest BCUT2D eigenvalue weighted by Crippen LogP contribution is -2.23. The summed E-state index contributed by atoms with van der Waals surface area (Å²) < 4.78 is 33.2. The number of benzene rings is 1. The second-order valence-corrected chi connectivity index (χ2v) is 5.08.